The van der Waals surface area contributed by atoms with E-state index < -0.39 is 17.1 Å². The molecule has 0 unspecified atom stereocenters. The third-order valence-corrected chi connectivity index (χ3v) is 6.44. The monoisotopic (exact) mass is 359 g/mol. The highest BCUT2D eigenvalue weighted by atomic mass is 19.3. The van der Waals surface area contributed by atoms with Crippen molar-refractivity contribution in [3.63, 3.8) is 0 Å². The van der Waals surface area contributed by atoms with Crippen molar-refractivity contribution in [1.29, 1.82) is 0 Å². The maximum Gasteiger partial charge on any atom is 0.250 e. The van der Waals surface area contributed by atoms with Crippen LogP contribution in [0.25, 0.3) is 0 Å². The minimum absolute atomic E-state index is 0.0933. The van der Waals surface area contributed by atoms with Gasteiger partial charge in [-0.25, -0.2) is 8.78 Å². The molecule has 0 aromatic heterocycles. The van der Waals surface area contributed by atoms with Crippen LogP contribution >= 0.6 is 0 Å². The molecule has 3 fully saturated rings. The predicted molar refractivity (Wildman–Crippen MR) is 91.7 cm³/mol. The van der Waals surface area contributed by atoms with Gasteiger partial charge in [0.2, 0.25) is 5.91 Å². The molecule has 5 nitrogen and oxygen atoms in total. The summed E-state index contributed by atoms with van der Waals surface area (Å²) in [5.74, 6) is -2.48. The fourth-order valence-electron chi connectivity index (χ4n) is 4.48. The number of amides is 1. The molecule has 0 aromatic carbocycles. The van der Waals surface area contributed by atoms with Crippen molar-refractivity contribution < 1.29 is 18.7 Å². The lowest BCUT2D eigenvalue weighted by atomic mass is 9.87. The molecule has 3 aliphatic rings. The molecule has 0 saturated carbocycles. The Morgan fingerprint density at radius 1 is 1.04 bits per heavy atom. The summed E-state index contributed by atoms with van der Waals surface area (Å²) in [4.78, 5) is 18.9. The van der Waals surface area contributed by atoms with E-state index in [1.165, 1.54) is 0 Å². The van der Waals surface area contributed by atoms with E-state index >= 15 is 0 Å². The highest BCUT2D eigenvalue weighted by Crippen LogP contribution is 2.33. The van der Waals surface area contributed by atoms with Gasteiger partial charge in [0.05, 0.1) is 17.7 Å². The van der Waals surface area contributed by atoms with Crippen molar-refractivity contribution in [1.82, 2.24) is 14.7 Å². The van der Waals surface area contributed by atoms with Crippen LogP contribution < -0.4 is 0 Å². The Balaban J connectivity index is 1.58. The average Bonchev–Trinajstić information content (AvgIpc) is 2.94. The van der Waals surface area contributed by atoms with Crippen LogP contribution in [0.4, 0.5) is 8.78 Å². The second kappa shape index (κ2) is 6.74. The van der Waals surface area contributed by atoms with Crippen molar-refractivity contribution in [2.24, 2.45) is 0 Å². The molecule has 144 valence electrons. The molecule has 0 bridgehead atoms. The van der Waals surface area contributed by atoms with Crippen LogP contribution in [0.3, 0.4) is 0 Å². The Morgan fingerprint density at radius 3 is 2.36 bits per heavy atom. The van der Waals surface area contributed by atoms with E-state index in [0.717, 1.165) is 25.8 Å². The van der Waals surface area contributed by atoms with Gasteiger partial charge in [0.25, 0.3) is 5.92 Å². The zero-order valence-electron chi connectivity index (χ0n) is 15.4. The molecule has 7 heteroatoms. The quantitative estimate of drug-likeness (QED) is 0.831. The summed E-state index contributed by atoms with van der Waals surface area (Å²) in [5.41, 5.74) is -1.47. The molecule has 0 aromatic rings. The smallest absolute Gasteiger partial charge is 0.250 e. The second-order valence-corrected chi connectivity index (χ2v) is 8.49. The van der Waals surface area contributed by atoms with E-state index in [4.69, 9.17) is 0 Å². The third-order valence-electron chi connectivity index (χ3n) is 6.44. The average molecular weight is 359 g/mol. The van der Waals surface area contributed by atoms with E-state index in [-0.39, 0.29) is 18.7 Å². The molecule has 0 radical (unpaired) electrons. The minimum Gasteiger partial charge on any atom is -0.387 e. The first-order valence-electron chi connectivity index (χ1n) is 9.47. The maximum atomic E-state index is 13.3. The largest absolute Gasteiger partial charge is 0.387 e. The van der Waals surface area contributed by atoms with Gasteiger partial charge in [0.1, 0.15) is 0 Å². The lowest BCUT2D eigenvalue weighted by Gasteiger charge is -2.43. The number of β-amino-alcohol motifs (C(OH)–C–C–N with tert-alkyl or cyclic N) is 1. The molecule has 1 N–H and O–H groups in total. The summed E-state index contributed by atoms with van der Waals surface area (Å²) in [7, 11) is 1.99. The number of piperidine rings is 2. The summed E-state index contributed by atoms with van der Waals surface area (Å²) in [6.45, 7) is 4.76. The Labute approximate surface area is 148 Å². The summed E-state index contributed by atoms with van der Waals surface area (Å²) in [6, 6.07) is 0. The van der Waals surface area contributed by atoms with Gasteiger partial charge in [0.15, 0.2) is 0 Å². The number of aliphatic hydroxyl groups is 1. The summed E-state index contributed by atoms with van der Waals surface area (Å²) < 4.78 is 26.6. The van der Waals surface area contributed by atoms with Gasteiger partial charge in [-0.05, 0) is 46.2 Å². The zero-order valence-corrected chi connectivity index (χ0v) is 15.4. The summed E-state index contributed by atoms with van der Waals surface area (Å²) in [6.07, 6.45) is 3.24. The van der Waals surface area contributed by atoms with Gasteiger partial charge in [0, 0.05) is 39.0 Å². The van der Waals surface area contributed by atoms with Gasteiger partial charge in [-0.2, -0.15) is 0 Å². The van der Waals surface area contributed by atoms with Crippen LogP contribution in [0, 0.1) is 0 Å². The molecule has 3 saturated heterocycles. The molecular weight excluding hydrogens is 328 g/mol. The highest BCUT2D eigenvalue weighted by Gasteiger charge is 2.47. The van der Waals surface area contributed by atoms with Crippen LogP contribution in [0.2, 0.25) is 0 Å². The van der Waals surface area contributed by atoms with Gasteiger partial charge in [-0.15, -0.1) is 0 Å². The molecule has 3 rings (SSSR count). The number of nitrogens with zero attached hydrogens (tertiary/aromatic N) is 3. The topological polar surface area (TPSA) is 47.0 Å². The molecule has 0 spiro atoms. The van der Waals surface area contributed by atoms with Crippen LogP contribution in [0.5, 0.6) is 0 Å². The molecule has 3 heterocycles. The van der Waals surface area contributed by atoms with E-state index in [9.17, 15) is 18.7 Å². The lowest BCUT2D eigenvalue weighted by molar-refractivity contribution is -0.145. The van der Waals surface area contributed by atoms with Crippen molar-refractivity contribution in [2.75, 3.05) is 46.3 Å². The summed E-state index contributed by atoms with van der Waals surface area (Å²) >= 11 is 0. The van der Waals surface area contributed by atoms with E-state index in [1.807, 2.05) is 18.9 Å². The standard InChI is InChI=1S/C18H31F2N3O2/c1-16(5-3-4-9-21(16)2)15(24)23-12-6-17(25,14-23)13-22-10-7-18(19,20)8-11-22/h25H,3-14H2,1-2H3/t16-,17-/m1/s1. The number of halogens is 2. The number of hydrogen-bond acceptors (Lipinski definition) is 4. The van der Waals surface area contributed by atoms with E-state index in [2.05, 4.69) is 4.90 Å². The number of likely N-dealkylation sites (tertiary alicyclic amines) is 3. The maximum absolute atomic E-state index is 13.3. The fraction of sp³-hybridized carbons (Fsp3) is 0.944. The van der Waals surface area contributed by atoms with Gasteiger partial charge >= 0.3 is 0 Å². The molecule has 3 aliphatic heterocycles. The van der Waals surface area contributed by atoms with Gasteiger partial charge in [-0.3, -0.25) is 14.6 Å². The molecule has 2 atom stereocenters. The van der Waals surface area contributed by atoms with Crippen LogP contribution in [0.1, 0.15) is 45.4 Å². The third kappa shape index (κ3) is 3.98. The number of likely N-dealkylation sites (N-methyl/N-ethyl adjacent to an activating group) is 1. The van der Waals surface area contributed by atoms with Crippen LogP contribution in [-0.2, 0) is 4.79 Å². The molecule has 0 aliphatic carbocycles. The highest BCUT2D eigenvalue weighted by molar-refractivity contribution is 5.86. The Bertz CT molecular complexity index is 509. The zero-order chi connectivity index (χ0) is 18.3. The van der Waals surface area contributed by atoms with Gasteiger partial charge < -0.3 is 10.0 Å². The number of carbonyl (C=O) groups is 1. The normalized spacial score (nSPS) is 37.4. The first-order chi connectivity index (χ1) is 11.6. The van der Waals surface area contributed by atoms with Crippen LogP contribution in [0.15, 0.2) is 0 Å². The minimum atomic E-state index is -2.57. The van der Waals surface area contributed by atoms with Crippen molar-refractivity contribution in [3.8, 4) is 0 Å². The van der Waals surface area contributed by atoms with Gasteiger partial charge in [-0.1, -0.05) is 0 Å². The number of alkyl halides is 2. The SMILES string of the molecule is CN1CCCC[C@]1(C)C(=O)N1CC[C@@](O)(CN2CCC(F)(F)CC2)C1. The lowest BCUT2D eigenvalue weighted by Crippen LogP contribution is -2.59. The fourth-order valence-corrected chi connectivity index (χ4v) is 4.48. The van der Waals surface area contributed by atoms with Crippen LogP contribution in [-0.4, -0.2) is 89.1 Å². The van der Waals surface area contributed by atoms with Crippen molar-refractivity contribution in [2.45, 2.75) is 62.5 Å². The molecular formula is C18H31F2N3O2. The first-order valence-corrected chi connectivity index (χ1v) is 9.47. The second-order valence-electron chi connectivity index (χ2n) is 8.49. The predicted octanol–water partition coefficient (Wildman–Crippen LogP) is 1.56. The number of hydrogen-bond donors (Lipinski definition) is 1. The summed E-state index contributed by atoms with van der Waals surface area (Å²) in [5, 5.41) is 10.9. The molecule has 25 heavy (non-hydrogen) atoms. The Hall–Kier alpha value is -0.790. The number of rotatable bonds is 3. The van der Waals surface area contributed by atoms with E-state index in [1.54, 1.807) is 4.90 Å². The van der Waals surface area contributed by atoms with E-state index in [0.29, 0.717) is 39.1 Å². The Kier molecular flexibility index (Phi) is 5.12. The Morgan fingerprint density at radius 2 is 1.72 bits per heavy atom. The number of carbonyl (C=O) groups excluding carboxylic acids is 1. The van der Waals surface area contributed by atoms with Crippen molar-refractivity contribution >= 4 is 5.91 Å². The molecule has 1 amide bonds. The first kappa shape index (κ1) is 19.0. The van der Waals surface area contributed by atoms with Crippen molar-refractivity contribution in [3.05, 3.63) is 0 Å².